The molecule has 0 amide bonds. The average Bonchev–Trinajstić information content (AvgIpc) is 2.10. The van der Waals surface area contributed by atoms with Gasteiger partial charge in [-0.2, -0.15) is 0 Å². The second kappa shape index (κ2) is 4.84. The summed E-state index contributed by atoms with van der Waals surface area (Å²) in [7, 11) is 0. The van der Waals surface area contributed by atoms with E-state index in [1.165, 1.54) is 25.7 Å². The maximum absolute atomic E-state index is 9.58. The van der Waals surface area contributed by atoms with E-state index in [4.69, 9.17) is 0 Å². The minimum Gasteiger partial charge on any atom is -0.393 e. The fourth-order valence-electron chi connectivity index (χ4n) is 2.99. The zero-order valence-electron chi connectivity index (χ0n) is 10.1. The van der Waals surface area contributed by atoms with E-state index in [1.54, 1.807) is 0 Å². The first-order valence-corrected chi connectivity index (χ1v) is 6.59. The van der Waals surface area contributed by atoms with Gasteiger partial charge in [-0.1, -0.05) is 13.8 Å². The Morgan fingerprint density at radius 1 is 1.07 bits per heavy atom. The summed E-state index contributed by atoms with van der Waals surface area (Å²) in [6.07, 6.45) is 7.10. The van der Waals surface area contributed by atoms with Gasteiger partial charge >= 0.3 is 0 Å². The first-order chi connectivity index (χ1) is 7.15. The molecule has 2 unspecified atom stereocenters. The Hall–Kier alpha value is -0.0800. The second-order valence-corrected chi connectivity index (χ2v) is 5.86. The summed E-state index contributed by atoms with van der Waals surface area (Å²) in [4.78, 5) is 0. The summed E-state index contributed by atoms with van der Waals surface area (Å²) in [5.41, 5.74) is 0. The third-order valence-corrected chi connectivity index (χ3v) is 4.24. The summed E-state index contributed by atoms with van der Waals surface area (Å²) >= 11 is 0. The van der Waals surface area contributed by atoms with Crippen molar-refractivity contribution in [2.24, 2.45) is 11.8 Å². The molecule has 2 N–H and O–H groups in total. The highest BCUT2D eigenvalue weighted by atomic mass is 16.3. The average molecular weight is 211 g/mol. The molecule has 0 aromatic rings. The van der Waals surface area contributed by atoms with Crippen LogP contribution in [-0.4, -0.2) is 23.3 Å². The molecule has 2 heteroatoms. The van der Waals surface area contributed by atoms with Crippen LogP contribution in [0.25, 0.3) is 0 Å². The summed E-state index contributed by atoms with van der Waals surface area (Å²) in [6.45, 7) is 4.65. The lowest BCUT2D eigenvalue weighted by Gasteiger charge is -2.41. The number of hydrogen-bond acceptors (Lipinski definition) is 2. The molecule has 2 atom stereocenters. The van der Waals surface area contributed by atoms with Crippen LogP contribution in [-0.2, 0) is 0 Å². The third-order valence-electron chi connectivity index (χ3n) is 4.24. The topological polar surface area (TPSA) is 32.3 Å². The van der Waals surface area contributed by atoms with E-state index >= 15 is 0 Å². The van der Waals surface area contributed by atoms with Crippen LogP contribution in [0.5, 0.6) is 0 Å². The molecular weight excluding hydrogens is 186 g/mol. The number of hydrogen-bond donors (Lipinski definition) is 2. The number of nitrogens with one attached hydrogen (secondary N) is 1. The van der Waals surface area contributed by atoms with Gasteiger partial charge in [0.1, 0.15) is 0 Å². The van der Waals surface area contributed by atoms with Crippen molar-refractivity contribution in [2.75, 3.05) is 0 Å². The molecule has 0 aromatic carbocycles. The lowest BCUT2D eigenvalue weighted by Crippen LogP contribution is -2.49. The Morgan fingerprint density at radius 3 is 2.40 bits per heavy atom. The lowest BCUT2D eigenvalue weighted by molar-refractivity contribution is 0.0903. The standard InChI is InChI=1S/C13H25NO/c1-9(2)10-6-12(7-10)14-11-4-3-5-13(15)8-11/h9-15H,3-8H2,1-2H3. The fourth-order valence-corrected chi connectivity index (χ4v) is 2.99. The zero-order chi connectivity index (χ0) is 10.8. The predicted octanol–water partition coefficient (Wildman–Crippen LogP) is 2.31. The molecule has 0 heterocycles. The minimum atomic E-state index is -0.0442. The van der Waals surface area contributed by atoms with E-state index < -0.39 is 0 Å². The maximum atomic E-state index is 9.58. The number of aliphatic hydroxyl groups excluding tert-OH is 1. The van der Waals surface area contributed by atoms with E-state index in [-0.39, 0.29) is 6.10 Å². The highest BCUT2D eigenvalue weighted by Gasteiger charge is 2.33. The molecule has 2 saturated carbocycles. The van der Waals surface area contributed by atoms with Gasteiger partial charge in [0.25, 0.3) is 0 Å². The fraction of sp³-hybridized carbons (Fsp3) is 1.00. The quantitative estimate of drug-likeness (QED) is 0.751. The molecule has 2 aliphatic carbocycles. The van der Waals surface area contributed by atoms with Crippen LogP contribution in [0.15, 0.2) is 0 Å². The van der Waals surface area contributed by atoms with Crippen LogP contribution < -0.4 is 5.32 Å². The highest BCUT2D eigenvalue weighted by Crippen LogP contribution is 2.34. The van der Waals surface area contributed by atoms with E-state index in [0.717, 1.165) is 30.7 Å². The van der Waals surface area contributed by atoms with Crippen molar-refractivity contribution in [1.29, 1.82) is 0 Å². The summed E-state index contributed by atoms with van der Waals surface area (Å²) in [5.74, 6) is 1.79. The van der Waals surface area contributed by atoms with Crippen LogP contribution in [0.1, 0.15) is 52.4 Å². The molecule has 2 aliphatic rings. The van der Waals surface area contributed by atoms with Gasteiger partial charge in [-0.3, -0.25) is 0 Å². The molecule has 88 valence electrons. The highest BCUT2D eigenvalue weighted by molar-refractivity contribution is 4.90. The molecule has 0 aromatic heterocycles. The van der Waals surface area contributed by atoms with Crippen molar-refractivity contribution >= 4 is 0 Å². The molecule has 2 rings (SSSR count). The zero-order valence-corrected chi connectivity index (χ0v) is 10.1. The van der Waals surface area contributed by atoms with Gasteiger partial charge in [0.05, 0.1) is 6.10 Å². The Labute approximate surface area is 93.5 Å². The first kappa shape index (κ1) is 11.4. The Kier molecular flexibility index (Phi) is 3.68. The normalized spacial score (nSPS) is 41.6. The lowest BCUT2D eigenvalue weighted by atomic mass is 9.73. The van der Waals surface area contributed by atoms with Crippen LogP contribution in [0.4, 0.5) is 0 Å². The van der Waals surface area contributed by atoms with E-state index in [1.807, 2.05) is 0 Å². The van der Waals surface area contributed by atoms with E-state index in [0.29, 0.717) is 6.04 Å². The van der Waals surface area contributed by atoms with Crippen molar-refractivity contribution in [3.05, 3.63) is 0 Å². The maximum Gasteiger partial charge on any atom is 0.0555 e. The van der Waals surface area contributed by atoms with E-state index in [2.05, 4.69) is 19.2 Å². The van der Waals surface area contributed by atoms with Crippen LogP contribution >= 0.6 is 0 Å². The Balaban J connectivity index is 1.66. The Morgan fingerprint density at radius 2 is 1.80 bits per heavy atom. The molecule has 15 heavy (non-hydrogen) atoms. The molecule has 0 radical (unpaired) electrons. The number of rotatable bonds is 3. The largest absolute Gasteiger partial charge is 0.393 e. The third kappa shape index (κ3) is 2.94. The van der Waals surface area contributed by atoms with Crippen LogP contribution in [0.3, 0.4) is 0 Å². The SMILES string of the molecule is CC(C)C1CC(NC2CCCC(O)C2)C1. The smallest absolute Gasteiger partial charge is 0.0555 e. The van der Waals surface area contributed by atoms with Crippen LogP contribution in [0, 0.1) is 11.8 Å². The second-order valence-electron chi connectivity index (χ2n) is 5.86. The van der Waals surface area contributed by atoms with Crippen molar-refractivity contribution in [3.63, 3.8) is 0 Å². The molecule has 0 bridgehead atoms. The Bertz CT molecular complexity index is 199. The molecule has 0 saturated heterocycles. The van der Waals surface area contributed by atoms with Gasteiger partial charge in [0, 0.05) is 12.1 Å². The van der Waals surface area contributed by atoms with Crippen molar-refractivity contribution in [1.82, 2.24) is 5.32 Å². The predicted molar refractivity (Wildman–Crippen MR) is 62.7 cm³/mol. The van der Waals surface area contributed by atoms with Gasteiger partial charge in [-0.05, 0) is 50.4 Å². The van der Waals surface area contributed by atoms with Crippen molar-refractivity contribution in [3.8, 4) is 0 Å². The molecule has 2 nitrogen and oxygen atoms in total. The molecule has 0 aliphatic heterocycles. The summed E-state index contributed by atoms with van der Waals surface area (Å²) in [5, 5.41) is 13.3. The number of aliphatic hydroxyl groups is 1. The van der Waals surface area contributed by atoms with Gasteiger partial charge in [0.2, 0.25) is 0 Å². The molecular formula is C13H25NO. The van der Waals surface area contributed by atoms with Gasteiger partial charge in [-0.15, -0.1) is 0 Å². The van der Waals surface area contributed by atoms with Gasteiger partial charge < -0.3 is 10.4 Å². The van der Waals surface area contributed by atoms with Crippen molar-refractivity contribution < 1.29 is 5.11 Å². The van der Waals surface area contributed by atoms with Gasteiger partial charge in [-0.25, -0.2) is 0 Å². The molecule has 2 fully saturated rings. The molecule has 0 spiro atoms. The van der Waals surface area contributed by atoms with E-state index in [9.17, 15) is 5.11 Å². The monoisotopic (exact) mass is 211 g/mol. The van der Waals surface area contributed by atoms with Crippen LogP contribution in [0.2, 0.25) is 0 Å². The summed E-state index contributed by atoms with van der Waals surface area (Å²) < 4.78 is 0. The summed E-state index contributed by atoms with van der Waals surface area (Å²) in [6, 6.07) is 1.33. The van der Waals surface area contributed by atoms with Gasteiger partial charge in [0.15, 0.2) is 0 Å². The minimum absolute atomic E-state index is 0.0442. The first-order valence-electron chi connectivity index (χ1n) is 6.59. The van der Waals surface area contributed by atoms with Crippen molar-refractivity contribution in [2.45, 2.75) is 70.6 Å².